The fraction of sp³-hybridized carbons (Fsp3) is 0.884. The number of nitrogens with one attached hydrogen (secondary N) is 1. The summed E-state index contributed by atoms with van der Waals surface area (Å²) in [5.74, 6) is 1.84. The topological polar surface area (TPSA) is 95.9 Å². The number of carboxylic acid groups (broad SMARTS) is 1. The molecule has 0 radical (unpaired) electrons. The molecule has 0 bridgehead atoms. The minimum atomic E-state index is -0.880. The van der Waals surface area contributed by atoms with Gasteiger partial charge in [0.1, 0.15) is 6.10 Å². The van der Waals surface area contributed by atoms with Crippen molar-refractivity contribution in [2.45, 2.75) is 157 Å². The van der Waals surface area contributed by atoms with Gasteiger partial charge in [-0.15, -0.1) is 0 Å². The quantitative estimate of drug-likeness (QED) is 0.185. The van der Waals surface area contributed by atoms with Crippen LogP contribution in [0.5, 0.6) is 0 Å². The molecular weight excluding hydrogens is 624 g/mol. The number of fused-ring (bicyclic) bond motifs is 7. The van der Waals surface area contributed by atoms with E-state index < -0.39 is 11.4 Å². The summed E-state index contributed by atoms with van der Waals surface area (Å²) in [5, 5.41) is 12.8. The maximum absolute atomic E-state index is 13.8. The molecule has 5 aliphatic carbocycles. The van der Waals surface area contributed by atoms with E-state index in [0.29, 0.717) is 36.0 Å². The van der Waals surface area contributed by atoms with Gasteiger partial charge in [0, 0.05) is 24.4 Å². The lowest BCUT2D eigenvalue weighted by molar-refractivity contribution is -0.250. The second kappa shape index (κ2) is 12.9. The van der Waals surface area contributed by atoms with Gasteiger partial charge in [-0.05, 0) is 148 Å². The van der Waals surface area contributed by atoms with Gasteiger partial charge >= 0.3 is 11.9 Å². The Hall–Kier alpha value is -1.89. The molecule has 1 aliphatic heterocycles. The number of esters is 1. The maximum Gasteiger partial charge on any atom is 0.306 e. The van der Waals surface area contributed by atoms with Crippen LogP contribution in [0, 0.1) is 62.1 Å². The van der Waals surface area contributed by atoms with Gasteiger partial charge in [-0.3, -0.25) is 14.4 Å². The average molecular weight is 695 g/mol. The average Bonchev–Trinajstić information content (AvgIpc) is 3.57. The lowest BCUT2D eigenvalue weighted by atomic mass is 9.32. The van der Waals surface area contributed by atoms with Gasteiger partial charge in [-0.1, -0.05) is 60.6 Å². The van der Waals surface area contributed by atoms with E-state index in [1.165, 1.54) is 37.7 Å². The molecule has 7 heteroatoms. The van der Waals surface area contributed by atoms with Crippen LogP contribution in [0.4, 0.5) is 0 Å². The van der Waals surface area contributed by atoms with Crippen molar-refractivity contribution in [2.24, 2.45) is 62.1 Å². The zero-order valence-electron chi connectivity index (χ0n) is 33.1. The summed E-state index contributed by atoms with van der Waals surface area (Å²) in [4.78, 5) is 40.7. The van der Waals surface area contributed by atoms with Crippen LogP contribution < -0.4 is 5.32 Å². The largest absolute Gasteiger partial charge is 0.481 e. The summed E-state index contributed by atoms with van der Waals surface area (Å²) in [6, 6.07) is 0.284. The van der Waals surface area contributed by atoms with Gasteiger partial charge in [0.2, 0.25) is 5.91 Å². The van der Waals surface area contributed by atoms with E-state index in [0.717, 1.165) is 51.6 Å². The molecular formula is C43H70N2O5. The smallest absolute Gasteiger partial charge is 0.306 e. The molecule has 282 valence electrons. The van der Waals surface area contributed by atoms with Crippen LogP contribution in [0.2, 0.25) is 0 Å². The van der Waals surface area contributed by atoms with Gasteiger partial charge in [-0.25, -0.2) is 0 Å². The number of carboxylic acids is 1. The summed E-state index contributed by atoms with van der Waals surface area (Å²) >= 11 is 0. The van der Waals surface area contributed by atoms with Crippen molar-refractivity contribution in [3.05, 3.63) is 12.2 Å². The highest BCUT2D eigenvalue weighted by Gasteiger charge is 2.71. The van der Waals surface area contributed by atoms with Crippen molar-refractivity contribution in [3.63, 3.8) is 0 Å². The molecule has 0 aromatic carbocycles. The van der Waals surface area contributed by atoms with E-state index >= 15 is 0 Å². The molecule has 7 nitrogen and oxygen atoms in total. The first kappa shape index (κ1) is 37.9. The number of hydrogen-bond acceptors (Lipinski definition) is 5. The van der Waals surface area contributed by atoms with Crippen LogP contribution in [0.1, 0.15) is 145 Å². The Kier molecular flexibility index (Phi) is 9.77. The second-order valence-corrected chi connectivity index (χ2v) is 20.8. The molecule has 1 saturated heterocycles. The van der Waals surface area contributed by atoms with E-state index in [2.05, 4.69) is 65.4 Å². The molecule has 50 heavy (non-hydrogen) atoms. The lowest BCUT2D eigenvalue weighted by Crippen LogP contribution is -2.67. The maximum atomic E-state index is 13.8. The van der Waals surface area contributed by atoms with Crippen LogP contribution in [0.3, 0.4) is 0 Å². The molecule has 5 saturated carbocycles. The number of nitrogens with zero attached hydrogens (tertiary/aromatic N) is 1. The Labute approximate surface area is 303 Å². The van der Waals surface area contributed by atoms with Gasteiger partial charge in [0.05, 0.1) is 12.8 Å². The molecule has 0 aromatic rings. The lowest BCUT2D eigenvalue weighted by Gasteiger charge is -2.73. The number of likely N-dealkylation sites (N-methyl/N-ethyl adjacent to an activating group) is 1. The molecule has 1 heterocycles. The van der Waals surface area contributed by atoms with Crippen LogP contribution in [0.25, 0.3) is 0 Å². The van der Waals surface area contributed by atoms with Crippen molar-refractivity contribution in [3.8, 4) is 0 Å². The Morgan fingerprint density at radius 2 is 1.60 bits per heavy atom. The number of allylic oxidation sites excluding steroid dienone is 1. The normalized spacial score (nSPS) is 43.9. The molecule has 0 spiro atoms. The number of rotatable bonds is 9. The van der Waals surface area contributed by atoms with Crippen LogP contribution in [0.15, 0.2) is 12.2 Å². The van der Waals surface area contributed by atoms with Crippen molar-refractivity contribution in [1.29, 1.82) is 0 Å². The molecule has 6 rings (SSSR count). The fourth-order valence-electron chi connectivity index (χ4n) is 14.5. The minimum absolute atomic E-state index is 0.0442. The van der Waals surface area contributed by atoms with Crippen LogP contribution in [-0.4, -0.2) is 60.1 Å². The molecule has 1 amide bonds. The zero-order chi connectivity index (χ0) is 36.7. The van der Waals surface area contributed by atoms with Crippen LogP contribution in [-0.2, 0) is 19.1 Å². The highest BCUT2D eigenvalue weighted by atomic mass is 16.5. The number of carbonyl (C=O) groups is 3. The number of amides is 1. The molecule has 0 unspecified atom stereocenters. The zero-order valence-corrected chi connectivity index (χ0v) is 33.1. The number of hydrogen-bond donors (Lipinski definition) is 2. The van der Waals surface area contributed by atoms with Gasteiger partial charge in [0.25, 0.3) is 0 Å². The highest BCUT2D eigenvalue weighted by molar-refractivity contribution is 5.77. The Balaban J connectivity index is 1.22. The second-order valence-electron chi connectivity index (χ2n) is 20.8. The van der Waals surface area contributed by atoms with Gasteiger partial charge < -0.3 is 20.1 Å². The third-order valence-electron chi connectivity index (χ3n) is 17.0. The molecule has 2 N–H and O–H groups in total. The number of carbonyl (C=O) groups excluding carboxylic acids is 2. The Morgan fingerprint density at radius 3 is 2.24 bits per heavy atom. The van der Waals surface area contributed by atoms with E-state index in [-0.39, 0.29) is 63.9 Å². The summed E-state index contributed by atoms with van der Waals surface area (Å²) in [5.41, 5.74) is 1.21. The fourth-order valence-corrected chi connectivity index (χ4v) is 14.5. The molecule has 11 atom stereocenters. The highest BCUT2D eigenvalue weighted by Crippen LogP contribution is 2.78. The van der Waals surface area contributed by atoms with Crippen molar-refractivity contribution in [1.82, 2.24) is 10.2 Å². The van der Waals surface area contributed by atoms with E-state index in [9.17, 15) is 19.5 Å². The Bertz CT molecular complexity index is 1370. The third kappa shape index (κ3) is 6.19. The predicted molar refractivity (Wildman–Crippen MR) is 198 cm³/mol. The monoisotopic (exact) mass is 695 g/mol. The summed E-state index contributed by atoms with van der Waals surface area (Å²) in [7, 11) is 2.15. The van der Waals surface area contributed by atoms with Crippen molar-refractivity contribution >= 4 is 17.8 Å². The predicted octanol–water partition coefficient (Wildman–Crippen LogP) is 8.66. The van der Waals surface area contributed by atoms with Gasteiger partial charge in [-0.2, -0.15) is 0 Å². The number of aliphatic carboxylic acids is 1. The van der Waals surface area contributed by atoms with Gasteiger partial charge in [0.15, 0.2) is 0 Å². The van der Waals surface area contributed by atoms with Crippen molar-refractivity contribution < 1.29 is 24.2 Å². The van der Waals surface area contributed by atoms with Crippen molar-refractivity contribution in [2.75, 3.05) is 20.1 Å². The van der Waals surface area contributed by atoms with E-state index in [1.807, 2.05) is 13.8 Å². The molecule has 6 fully saturated rings. The number of ether oxygens (including phenoxy) is 1. The first-order valence-electron chi connectivity index (χ1n) is 20.2. The Morgan fingerprint density at radius 1 is 0.880 bits per heavy atom. The SMILES string of the molecule is C=C(C)[C@@H]1CC[C@]2(CC(=O)N[C@H]3CCN(C)C3)CC[C@]3(C)[C@H](CC[C@@H]4[C@@]5(C)CC[C@H](OC(=O)CC(C)(C)CC(=O)O)C(C)(C)[C@@H]5CC[C@]43C)[C@@H]12. The molecule has 6 aliphatic rings. The minimum Gasteiger partial charge on any atom is -0.481 e. The standard InChI is InChI=1S/C43H70N2O5/c1-27(2)29-13-19-43(23-34(46)44-28-16-22-45(10)26-28)21-20-41(8)30(37(29)43)11-12-32-40(7)17-15-33(39(5,6)31(40)14-18-42(32,41)9)50-36(49)25-38(3,4)24-35(47)48/h28-33,37H,1,11-26H2,2-10H3,(H,44,46)(H,47,48)/t28-,29-,30+,31-,32+,33-,37+,40-,41+,42+,43+/m0/s1. The summed E-state index contributed by atoms with van der Waals surface area (Å²) < 4.78 is 6.28. The summed E-state index contributed by atoms with van der Waals surface area (Å²) in [6.07, 6.45) is 13.1. The van der Waals surface area contributed by atoms with Crippen LogP contribution >= 0.6 is 0 Å². The first-order valence-corrected chi connectivity index (χ1v) is 20.2. The molecule has 0 aromatic heterocycles. The number of likely N-dealkylation sites (tertiary alicyclic amines) is 1. The van der Waals surface area contributed by atoms with E-state index in [1.54, 1.807) is 0 Å². The summed E-state index contributed by atoms with van der Waals surface area (Å²) in [6.45, 7) is 25.1. The first-order chi connectivity index (χ1) is 23.2. The third-order valence-corrected chi connectivity index (χ3v) is 17.0. The van der Waals surface area contributed by atoms with E-state index in [4.69, 9.17) is 4.74 Å².